The number of allylic oxidation sites excluding steroid dienone is 4. The second-order valence-corrected chi connectivity index (χ2v) is 3.28. The van der Waals surface area contributed by atoms with Crippen LogP contribution in [0.3, 0.4) is 0 Å². The van der Waals surface area contributed by atoms with Crippen molar-refractivity contribution in [3.8, 4) is 0 Å². The number of hydrogen-bond donors (Lipinski definition) is 0. The Kier molecular flexibility index (Phi) is 2.82. The molecule has 0 bridgehead atoms. The van der Waals surface area contributed by atoms with Gasteiger partial charge >= 0.3 is 0 Å². The van der Waals surface area contributed by atoms with E-state index in [1.807, 2.05) is 0 Å². The Morgan fingerprint density at radius 1 is 1.64 bits per heavy atom. The van der Waals surface area contributed by atoms with E-state index in [0.717, 1.165) is 0 Å². The Morgan fingerprint density at radius 2 is 2.36 bits per heavy atom. The predicted molar refractivity (Wildman–Crippen MR) is 45.2 cm³/mol. The molecule has 0 fully saturated rings. The van der Waals surface area contributed by atoms with E-state index in [1.165, 1.54) is 12.2 Å². The zero-order valence-electron chi connectivity index (χ0n) is 5.99. The van der Waals surface area contributed by atoms with E-state index in [0.29, 0.717) is 11.8 Å². The van der Waals surface area contributed by atoms with E-state index in [1.54, 1.807) is 6.08 Å². The van der Waals surface area contributed by atoms with Crippen LogP contribution in [-0.2, 0) is 0 Å². The maximum atomic E-state index is 13.4. The summed E-state index contributed by atoms with van der Waals surface area (Å²) in [5, 5.41) is 0.467. The first-order chi connectivity index (χ1) is 5.19. The maximum absolute atomic E-state index is 13.4. The van der Waals surface area contributed by atoms with Gasteiger partial charge < -0.3 is 0 Å². The fourth-order valence-corrected chi connectivity index (χ4v) is 1.59. The van der Waals surface area contributed by atoms with Gasteiger partial charge in [-0.25, -0.2) is 8.78 Å². The molecule has 11 heavy (non-hydrogen) atoms. The molecule has 0 radical (unpaired) electrons. The summed E-state index contributed by atoms with van der Waals surface area (Å²) in [5.74, 6) is -0.653. The molecule has 62 valence electrons. The first kappa shape index (κ1) is 8.91. The summed E-state index contributed by atoms with van der Waals surface area (Å²) in [6, 6.07) is 0. The predicted octanol–water partition coefficient (Wildman–Crippen LogP) is 3.29. The molecule has 0 heterocycles. The minimum absolute atomic E-state index is 0.159. The molecule has 0 saturated carbocycles. The van der Waals surface area contributed by atoms with Gasteiger partial charge in [-0.3, -0.25) is 0 Å². The van der Waals surface area contributed by atoms with Gasteiger partial charge in [-0.1, -0.05) is 22.0 Å². The highest BCUT2D eigenvalue weighted by molar-refractivity contribution is 9.09. The van der Waals surface area contributed by atoms with Gasteiger partial charge in [0.05, 0.1) is 0 Å². The Morgan fingerprint density at radius 3 is 2.91 bits per heavy atom. The van der Waals surface area contributed by atoms with Gasteiger partial charge in [-0.05, 0) is 18.6 Å². The van der Waals surface area contributed by atoms with E-state index in [4.69, 9.17) is 0 Å². The molecular weight excluding hydrogens is 214 g/mol. The van der Waals surface area contributed by atoms with Crippen LogP contribution in [0.2, 0.25) is 0 Å². The van der Waals surface area contributed by atoms with Crippen molar-refractivity contribution >= 4 is 15.9 Å². The highest BCUT2D eigenvalue weighted by atomic mass is 79.9. The lowest BCUT2D eigenvalue weighted by Gasteiger charge is -2.20. The van der Waals surface area contributed by atoms with Gasteiger partial charge in [0.2, 0.25) is 0 Å². The van der Waals surface area contributed by atoms with Gasteiger partial charge in [0.1, 0.15) is 5.83 Å². The molecular formula is C8H9BrF2. The molecule has 0 aromatic carbocycles. The molecule has 0 spiro atoms. The number of alkyl halides is 2. The van der Waals surface area contributed by atoms with Crippen LogP contribution in [0.15, 0.2) is 24.1 Å². The lowest BCUT2D eigenvalue weighted by Crippen LogP contribution is -2.22. The molecule has 0 aromatic heterocycles. The summed E-state index contributed by atoms with van der Waals surface area (Å²) in [7, 11) is 0. The second-order valence-electron chi connectivity index (χ2n) is 2.49. The molecule has 1 rings (SSSR count). The quantitative estimate of drug-likeness (QED) is 0.497. The summed E-state index contributed by atoms with van der Waals surface area (Å²) in [4.78, 5) is 0. The maximum Gasteiger partial charge on any atom is 0.180 e. The van der Waals surface area contributed by atoms with Crippen molar-refractivity contribution in [1.29, 1.82) is 0 Å². The second kappa shape index (κ2) is 3.48. The molecule has 3 heteroatoms. The molecule has 0 amide bonds. The smallest absolute Gasteiger partial charge is 0.180 e. The minimum Gasteiger partial charge on any atom is -0.232 e. The number of halogens is 3. The van der Waals surface area contributed by atoms with Crippen LogP contribution in [0.5, 0.6) is 0 Å². The van der Waals surface area contributed by atoms with Gasteiger partial charge in [-0.2, -0.15) is 0 Å². The minimum atomic E-state index is -1.85. The first-order valence-electron chi connectivity index (χ1n) is 3.48. The van der Waals surface area contributed by atoms with Crippen molar-refractivity contribution in [2.75, 3.05) is 5.33 Å². The summed E-state index contributed by atoms with van der Waals surface area (Å²) >= 11 is 3.08. The molecule has 0 aliphatic heterocycles. The van der Waals surface area contributed by atoms with Crippen molar-refractivity contribution < 1.29 is 8.78 Å². The molecule has 0 saturated heterocycles. The van der Waals surface area contributed by atoms with Crippen LogP contribution in [0.25, 0.3) is 0 Å². The third kappa shape index (κ3) is 1.89. The Hall–Kier alpha value is -0.180. The third-order valence-electron chi connectivity index (χ3n) is 1.67. The van der Waals surface area contributed by atoms with Gasteiger partial charge in [0.25, 0.3) is 0 Å². The largest absolute Gasteiger partial charge is 0.232 e. The topological polar surface area (TPSA) is 0 Å². The summed E-state index contributed by atoms with van der Waals surface area (Å²) in [6.07, 6.45) is 4.88. The first-order valence-corrected chi connectivity index (χ1v) is 4.60. The highest BCUT2D eigenvalue weighted by Crippen LogP contribution is 2.32. The molecule has 1 aliphatic carbocycles. The molecule has 1 atom stereocenters. The standard InChI is InChI=1S/C8H9BrF2/c9-6-5-8(11)4-2-1-3-7(8)10/h2-4H,1,5-6H2. The fourth-order valence-electron chi connectivity index (χ4n) is 1.02. The summed E-state index contributed by atoms with van der Waals surface area (Å²) in [6.45, 7) is 0. The zero-order chi connectivity index (χ0) is 8.32. The highest BCUT2D eigenvalue weighted by Gasteiger charge is 2.32. The fraction of sp³-hybridized carbons (Fsp3) is 0.500. The summed E-state index contributed by atoms with van der Waals surface area (Å²) < 4.78 is 26.2. The Bertz CT molecular complexity index is 198. The van der Waals surface area contributed by atoms with Crippen LogP contribution in [0, 0.1) is 0 Å². The van der Waals surface area contributed by atoms with E-state index in [2.05, 4.69) is 15.9 Å². The van der Waals surface area contributed by atoms with Crippen molar-refractivity contribution in [2.45, 2.75) is 18.5 Å². The average molecular weight is 223 g/mol. The van der Waals surface area contributed by atoms with Crippen molar-refractivity contribution in [1.82, 2.24) is 0 Å². The average Bonchev–Trinajstić information content (AvgIpc) is 1.96. The Labute approximate surface area is 73.1 Å². The van der Waals surface area contributed by atoms with Crippen LogP contribution in [-0.4, -0.2) is 11.0 Å². The molecule has 1 unspecified atom stereocenters. The summed E-state index contributed by atoms with van der Waals surface area (Å²) in [5.41, 5.74) is -1.85. The molecule has 0 aromatic rings. The van der Waals surface area contributed by atoms with E-state index in [-0.39, 0.29) is 6.42 Å². The molecule has 0 nitrogen and oxygen atoms in total. The number of rotatable bonds is 2. The van der Waals surface area contributed by atoms with E-state index < -0.39 is 11.5 Å². The number of hydrogen-bond acceptors (Lipinski definition) is 0. The van der Waals surface area contributed by atoms with E-state index in [9.17, 15) is 8.78 Å². The van der Waals surface area contributed by atoms with Crippen molar-refractivity contribution in [3.05, 3.63) is 24.1 Å². The van der Waals surface area contributed by atoms with Crippen LogP contribution in [0.4, 0.5) is 8.78 Å². The lowest BCUT2D eigenvalue weighted by molar-refractivity contribution is 0.226. The van der Waals surface area contributed by atoms with Crippen LogP contribution >= 0.6 is 15.9 Å². The van der Waals surface area contributed by atoms with Crippen LogP contribution < -0.4 is 0 Å². The Balaban J connectivity index is 2.73. The zero-order valence-corrected chi connectivity index (χ0v) is 7.57. The third-order valence-corrected chi connectivity index (χ3v) is 2.07. The van der Waals surface area contributed by atoms with Crippen molar-refractivity contribution in [2.24, 2.45) is 0 Å². The monoisotopic (exact) mass is 222 g/mol. The lowest BCUT2D eigenvalue weighted by atomic mass is 9.96. The van der Waals surface area contributed by atoms with E-state index >= 15 is 0 Å². The van der Waals surface area contributed by atoms with Crippen LogP contribution in [0.1, 0.15) is 12.8 Å². The molecule has 1 aliphatic rings. The van der Waals surface area contributed by atoms with Gasteiger partial charge in [-0.15, -0.1) is 0 Å². The SMILES string of the molecule is FC1=CCC=CC1(F)CCBr. The van der Waals surface area contributed by atoms with Gasteiger partial charge in [0.15, 0.2) is 5.67 Å². The van der Waals surface area contributed by atoms with Crippen molar-refractivity contribution in [3.63, 3.8) is 0 Å². The van der Waals surface area contributed by atoms with Gasteiger partial charge in [0, 0.05) is 11.8 Å². The molecule has 0 N–H and O–H groups in total. The normalized spacial score (nSPS) is 30.3.